The molecule has 0 fully saturated rings. The molecular weight excluding hydrogens is 418 g/mol. The summed E-state index contributed by atoms with van der Waals surface area (Å²) in [4.78, 5) is 0. The Balaban J connectivity index is 0.000000196. The van der Waals surface area contributed by atoms with E-state index < -0.39 is 0 Å². The van der Waals surface area contributed by atoms with Gasteiger partial charge in [0.25, 0.3) is 0 Å². The molecule has 4 aromatic carbocycles. The summed E-state index contributed by atoms with van der Waals surface area (Å²) < 4.78 is 11.0. The van der Waals surface area contributed by atoms with E-state index in [-0.39, 0.29) is 5.92 Å². The molecule has 0 aliphatic carbocycles. The Labute approximate surface area is 204 Å². The first-order chi connectivity index (χ1) is 16.8. The van der Waals surface area contributed by atoms with Gasteiger partial charge in [-0.25, -0.2) is 0 Å². The van der Waals surface area contributed by atoms with E-state index in [1.54, 1.807) is 14.2 Å². The summed E-state index contributed by atoms with van der Waals surface area (Å²) in [6.45, 7) is 4.04. The van der Waals surface area contributed by atoms with Gasteiger partial charge >= 0.3 is 0 Å². The highest BCUT2D eigenvalue weighted by Crippen LogP contribution is 2.38. The topological polar surface area (TPSA) is 30.5 Å². The number of nitrogens with one attached hydrogen (secondary N) is 1. The van der Waals surface area contributed by atoms with Crippen LogP contribution in [0.1, 0.15) is 41.5 Å². The second-order valence-corrected chi connectivity index (χ2v) is 8.02. The molecule has 0 saturated heterocycles. The van der Waals surface area contributed by atoms with E-state index in [2.05, 4.69) is 85.0 Å². The Hall–Kier alpha value is -3.56. The van der Waals surface area contributed by atoms with Crippen LogP contribution in [-0.2, 0) is 13.1 Å². The monoisotopic (exact) mass is 453 g/mol. The Morgan fingerprint density at radius 2 is 0.941 bits per heavy atom. The van der Waals surface area contributed by atoms with Gasteiger partial charge in [0.1, 0.15) is 11.5 Å². The largest absolute Gasteiger partial charge is 0.496 e. The summed E-state index contributed by atoms with van der Waals surface area (Å²) in [5.74, 6) is 2.15. The normalized spacial score (nSPS) is 10.4. The first-order valence-electron chi connectivity index (χ1n) is 11.8. The zero-order valence-electron chi connectivity index (χ0n) is 20.4. The van der Waals surface area contributed by atoms with Crippen LogP contribution in [0.5, 0.6) is 11.5 Å². The minimum atomic E-state index is 0.285. The van der Waals surface area contributed by atoms with Gasteiger partial charge in [-0.05, 0) is 29.7 Å². The molecule has 1 N–H and O–H groups in total. The molecule has 4 rings (SSSR count). The zero-order valence-corrected chi connectivity index (χ0v) is 20.4. The molecule has 0 spiro atoms. The standard InChI is InChI=1S/C17H20O2.C14H15N/c1-4-13(14-9-5-7-11-16(14)18-2)15-10-6-8-12-17(15)19-3;1-3-7-13(8-4-1)11-15-12-14-9-5-2-6-10-14/h5-13H,4H2,1-3H3;1-10,15H,11-12H2. The summed E-state index contributed by atoms with van der Waals surface area (Å²) in [6.07, 6.45) is 1.00. The number of hydrogen-bond acceptors (Lipinski definition) is 3. The average molecular weight is 454 g/mol. The van der Waals surface area contributed by atoms with Crippen LogP contribution in [0, 0.1) is 0 Å². The van der Waals surface area contributed by atoms with Gasteiger partial charge in [-0.2, -0.15) is 0 Å². The van der Waals surface area contributed by atoms with E-state index in [1.807, 2.05) is 36.4 Å². The lowest BCUT2D eigenvalue weighted by molar-refractivity contribution is 0.399. The fourth-order valence-electron chi connectivity index (χ4n) is 4.06. The third kappa shape index (κ3) is 7.23. The summed E-state index contributed by atoms with van der Waals surface area (Å²) in [6, 6.07) is 37.3. The number of para-hydroxylation sites is 2. The molecule has 0 radical (unpaired) electrons. The number of benzene rings is 4. The molecule has 0 aromatic heterocycles. The minimum Gasteiger partial charge on any atom is -0.496 e. The molecule has 34 heavy (non-hydrogen) atoms. The number of hydrogen-bond donors (Lipinski definition) is 1. The Bertz CT molecular complexity index is 1010. The number of rotatable bonds is 9. The molecule has 0 aliphatic heterocycles. The summed E-state index contributed by atoms with van der Waals surface area (Å²) in [5, 5.41) is 3.42. The van der Waals surface area contributed by atoms with Gasteiger partial charge in [-0.15, -0.1) is 0 Å². The van der Waals surface area contributed by atoms with Crippen molar-refractivity contribution in [1.29, 1.82) is 0 Å². The van der Waals surface area contributed by atoms with E-state index in [0.717, 1.165) is 31.0 Å². The van der Waals surface area contributed by atoms with Gasteiger partial charge in [0.2, 0.25) is 0 Å². The Kier molecular flexibility index (Phi) is 10.2. The fraction of sp³-hybridized carbons (Fsp3) is 0.226. The van der Waals surface area contributed by atoms with Crippen molar-refractivity contribution in [3.05, 3.63) is 131 Å². The molecule has 3 nitrogen and oxygen atoms in total. The van der Waals surface area contributed by atoms with E-state index in [0.29, 0.717) is 0 Å². The van der Waals surface area contributed by atoms with Gasteiger partial charge in [-0.3, -0.25) is 0 Å². The third-order valence-corrected chi connectivity index (χ3v) is 5.78. The highest BCUT2D eigenvalue weighted by Gasteiger charge is 2.19. The molecular formula is C31H35NO2. The van der Waals surface area contributed by atoms with Crippen molar-refractivity contribution in [2.75, 3.05) is 14.2 Å². The lowest BCUT2D eigenvalue weighted by atomic mass is 9.88. The maximum atomic E-state index is 5.48. The van der Waals surface area contributed by atoms with Gasteiger partial charge in [0.05, 0.1) is 14.2 Å². The van der Waals surface area contributed by atoms with Crippen LogP contribution in [0.4, 0.5) is 0 Å². The van der Waals surface area contributed by atoms with Crippen LogP contribution in [0.2, 0.25) is 0 Å². The Morgan fingerprint density at radius 1 is 0.559 bits per heavy atom. The molecule has 0 unspecified atom stereocenters. The van der Waals surface area contributed by atoms with Gasteiger partial charge < -0.3 is 14.8 Å². The molecule has 0 aliphatic rings. The Morgan fingerprint density at radius 3 is 1.32 bits per heavy atom. The summed E-state index contributed by atoms with van der Waals surface area (Å²) in [5.41, 5.74) is 5.07. The molecule has 0 amide bonds. The second-order valence-electron chi connectivity index (χ2n) is 8.02. The molecule has 0 heterocycles. The second kappa shape index (κ2) is 13.9. The smallest absolute Gasteiger partial charge is 0.122 e. The predicted octanol–water partition coefficient (Wildman–Crippen LogP) is 7.22. The fourth-order valence-corrected chi connectivity index (χ4v) is 4.06. The summed E-state index contributed by atoms with van der Waals surface area (Å²) >= 11 is 0. The van der Waals surface area contributed by atoms with E-state index >= 15 is 0 Å². The van der Waals surface area contributed by atoms with Crippen LogP contribution < -0.4 is 14.8 Å². The highest BCUT2D eigenvalue weighted by molar-refractivity contribution is 5.46. The van der Waals surface area contributed by atoms with Crippen molar-refractivity contribution in [3.63, 3.8) is 0 Å². The number of ether oxygens (including phenoxy) is 2. The van der Waals surface area contributed by atoms with Crippen molar-refractivity contribution < 1.29 is 9.47 Å². The van der Waals surface area contributed by atoms with Crippen molar-refractivity contribution in [2.24, 2.45) is 0 Å². The zero-order chi connectivity index (χ0) is 24.0. The quantitative estimate of drug-likeness (QED) is 0.290. The van der Waals surface area contributed by atoms with Gasteiger partial charge in [-0.1, -0.05) is 104 Å². The molecule has 0 bridgehead atoms. The maximum Gasteiger partial charge on any atom is 0.122 e. The highest BCUT2D eigenvalue weighted by atomic mass is 16.5. The van der Waals surface area contributed by atoms with Crippen LogP contribution in [-0.4, -0.2) is 14.2 Å². The molecule has 0 saturated carbocycles. The number of methoxy groups -OCH3 is 2. The molecule has 0 atom stereocenters. The van der Waals surface area contributed by atoms with Crippen molar-refractivity contribution >= 4 is 0 Å². The molecule has 176 valence electrons. The van der Waals surface area contributed by atoms with E-state index in [9.17, 15) is 0 Å². The van der Waals surface area contributed by atoms with Crippen LogP contribution in [0.3, 0.4) is 0 Å². The third-order valence-electron chi connectivity index (χ3n) is 5.78. The lowest BCUT2D eigenvalue weighted by Crippen LogP contribution is -2.12. The molecule has 4 aromatic rings. The van der Waals surface area contributed by atoms with Crippen molar-refractivity contribution in [3.8, 4) is 11.5 Å². The molecule has 3 heteroatoms. The van der Waals surface area contributed by atoms with Crippen LogP contribution in [0.15, 0.2) is 109 Å². The SMILES string of the molecule is CCC(c1ccccc1OC)c1ccccc1OC.c1ccc(CNCc2ccccc2)cc1. The van der Waals surface area contributed by atoms with Crippen molar-refractivity contribution in [2.45, 2.75) is 32.4 Å². The average Bonchev–Trinajstić information content (AvgIpc) is 2.91. The van der Waals surface area contributed by atoms with Gasteiger partial charge in [0.15, 0.2) is 0 Å². The minimum absolute atomic E-state index is 0.285. The summed E-state index contributed by atoms with van der Waals surface area (Å²) in [7, 11) is 3.43. The van der Waals surface area contributed by atoms with Gasteiger partial charge in [0, 0.05) is 30.1 Å². The first kappa shape index (κ1) is 25.1. The van der Waals surface area contributed by atoms with E-state index in [1.165, 1.54) is 22.3 Å². The van der Waals surface area contributed by atoms with Crippen LogP contribution in [0.25, 0.3) is 0 Å². The lowest BCUT2D eigenvalue weighted by Gasteiger charge is -2.20. The van der Waals surface area contributed by atoms with E-state index in [4.69, 9.17) is 9.47 Å². The van der Waals surface area contributed by atoms with Crippen molar-refractivity contribution in [1.82, 2.24) is 5.32 Å². The maximum absolute atomic E-state index is 5.48. The first-order valence-corrected chi connectivity index (χ1v) is 11.8. The predicted molar refractivity (Wildman–Crippen MR) is 142 cm³/mol. The van der Waals surface area contributed by atoms with Crippen LogP contribution >= 0.6 is 0 Å².